The minimum absolute atomic E-state index is 0.0375. The molecule has 8 nitrogen and oxygen atoms in total. The summed E-state index contributed by atoms with van der Waals surface area (Å²) < 4.78 is 34.3. The van der Waals surface area contributed by atoms with E-state index in [4.69, 9.17) is 4.74 Å². The van der Waals surface area contributed by atoms with Crippen LogP contribution in [-0.4, -0.2) is 72.0 Å². The smallest absolute Gasteiger partial charge is 0.309 e. The molecular formula is C18H30N4O4S. The number of ether oxygens (including phenoxy) is 1. The first-order valence-corrected chi connectivity index (χ1v) is 11.2. The summed E-state index contributed by atoms with van der Waals surface area (Å²) in [6.07, 6.45) is 4.44. The van der Waals surface area contributed by atoms with Crippen molar-refractivity contribution in [1.82, 2.24) is 18.8 Å². The molecule has 0 bridgehead atoms. The summed E-state index contributed by atoms with van der Waals surface area (Å²) in [5, 5.41) is 0.0744. The van der Waals surface area contributed by atoms with Crippen molar-refractivity contribution in [3.63, 3.8) is 0 Å². The zero-order valence-corrected chi connectivity index (χ0v) is 17.2. The third-order valence-electron chi connectivity index (χ3n) is 5.67. The Hall–Kier alpha value is -1.45. The van der Waals surface area contributed by atoms with Gasteiger partial charge in [-0.1, -0.05) is 6.92 Å². The molecule has 0 radical (unpaired) electrons. The molecule has 3 heterocycles. The van der Waals surface area contributed by atoms with Crippen molar-refractivity contribution >= 4 is 16.0 Å². The molecule has 2 aliphatic rings. The van der Waals surface area contributed by atoms with Crippen LogP contribution in [0.2, 0.25) is 0 Å². The van der Waals surface area contributed by atoms with E-state index < -0.39 is 10.0 Å². The Bertz CT molecular complexity index is 749. The lowest BCUT2D eigenvalue weighted by molar-refractivity contribution is -0.157. The third kappa shape index (κ3) is 4.52. The van der Waals surface area contributed by atoms with Crippen molar-refractivity contribution in [2.24, 2.45) is 13.0 Å². The highest BCUT2D eigenvalue weighted by Crippen LogP contribution is 2.25. The molecule has 9 heteroatoms. The number of rotatable bonds is 5. The number of hydrogen-bond donors (Lipinski definition) is 0. The van der Waals surface area contributed by atoms with Crippen molar-refractivity contribution in [1.29, 1.82) is 0 Å². The highest BCUT2D eigenvalue weighted by atomic mass is 32.2. The second kappa shape index (κ2) is 8.28. The monoisotopic (exact) mass is 398 g/mol. The number of imidazole rings is 1. The van der Waals surface area contributed by atoms with E-state index in [1.165, 1.54) is 10.5 Å². The first-order valence-electron chi connectivity index (χ1n) is 9.74. The maximum absolute atomic E-state index is 12.7. The fourth-order valence-corrected chi connectivity index (χ4v) is 5.27. The van der Waals surface area contributed by atoms with Gasteiger partial charge in [0.25, 0.3) is 10.0 Å². The van der Waals surface area contributed by atoms with E-state index in [0.29, 0.717) is 31.8 Å². The minimum atomic E-state index is -3.61. The Morgan fingerprint density at radius 1 is 1.26 bits per heavy atom. The van der Waals surface area contributed by atoms with Gasteiger partial charge in [-0.2, -0.15) is 4.31 Å². The van der Waals surface area contributed by atoms with Gasteiger partial charge in [-0.05, 0) is 45.7 Å². The molecule has 1 atom stereocenters. The second-order valence-corrected chi connectivity index (χ2v) is 9.39. The van der Waals surface area contributed by atoms with Crippen LogP contribution in [-0.2, 0) is 26.6 Å². The summed E-state index contributed by atoms with van der Waals surface area (Å²) in [4.78, 5) is 18.9. The predicted molar refractivity (Wildman–Crippen MR) is 101 cm³/mol. The standard InChI is InChI=1S/C18H30N4O4S/c1-4-21-9-5-6-16(12-21)26-18(23)15-7-10-22(11-8-15)27(24,25)17-13-20(3)14(2)19-17/h13,15-16H,4-12H2,1-3H3. The van der Waals surface area contributed by atoms with Gasteiger partial charge in [0.15, 0.2) is 5.03 Å². The molecular weight excluding hydrogens is 368 g/mol. The number of aryl methyl sites for hydroxylation is 2. The van der Waals surface area contributed by atoms with E-state index in [1.807, 2.05) is 0 Å². The predicted octanol–water partition coefficient (Wildman–Crippen LogP) is 1.16. The first-order chi connectivity index (χ1) is 12.8. The van der Waals surface area contributed by atoms with E-state index in [9.17, 15) is 13.2 Å². The van der Waals surface area contributed by atoms with E-state index in [2.05, 4.69) is 16.8 Å². The number of likely N-dealkylation sites (N-methyl/N-ethyl adjacent to an activating group) is 1. The zero-order chi connectivity index (χ0) is 19.6. The molecule has 0 amide bonds. The van der Waals surface area contributed by atoms with Gasteiger partial charge in [-0.3, -0.25) is 9.69 Å². The van der Waals surface area contributed by atoms with Gasteiger partial charge in [0.1, 0.15) is 11.9 Å². The molecule has 0 N–H and O–H groups in total. The average molecular weight is 399 g/mol. The fourth-order valence-electron chi connectivity index (χ4n) is 3.77. The molecule has 1 aromatic heterocycles. The Balaban J connectivity index is 1.54. The van der Waals surface area contributed by atoms with Crippen molar-refractivity contribution in [3.05, 3.63) is 12.0 Å². The van der Waals surface area contributed by atoms with Crippen LogP contribution in [0, 0.1) is 12.8 Å². The van der Waals surface area contributed by atoms with Crippen LogP contribution in [0.3, 0.4) is 0 Å². The van der Waals surface area contributed by atoms with Gasteiger partial charge in [0.2, 0.25) is 0 Å². The number of esters is 1. The van der Waals surface area contributed by atoms with Crippen LogP contribution in [0.15, 0.2) is 11.2 Å². The van der Waals surface area contributed by atoms with Crippen LogP contribution < -0.4 is 0 Å². The molecule has 3 rings (SSSR count). The van der Waals surface area contributed by atoms with Crippen LogP contribution in [0.25, 0.3) is 0 Å². The first kappa shape index (κ1) is 20.3. The average Bonchev–Trinajstić information content (AvgIpc) is 3.01. The van der Waals surface area contributed by atoms with Gasteiger partial charge >= 0.3 is 5.97 Å². The maximum atomic E-state index is 12.7. The lowest BCUT2D eigenvalue weighted by atomic mass is 9.98. The number of carbonyl (C=O) groups excluding carboxylic acids is 1. The highest BCUT2D eigenvalue weighted by Gasteiger charge is 2.35. The van der Waals surface area contributed by atoms with Gasteiger partial charge in [0.05, 0.1) is 5.92 Å². The molecule has 0 aromatic carbocycles. The van der Waals surface area contributed by atoms with Gasteiger partial charge in [-0.25, -0.2) is 13.4 Å². The number of hydrogen-bond acceptors (Lipinski definition) is 6. The normalized spacial score (nSPS) is 23.4. The summed E-state index contributed by atoms with van der Waals surface area (Å²) in [6.45, 7) is 7.36. The fraction of sp³-hybridized carbons (Fsp3) is 0.778. The van der Waals surface area contributed by atoms with Gasteiger partial charge in [0, 0.05) is 32.9 Å². The van der Waals surface area contributed by atoms with Gasteiger partial charge < -0.3 is 9.30 Å². The third-order valence-corrected chi connectivity index (χ3v) is 7.44. The molecule has 1 aromatic rings. The van der Waals surface area contributed by atoms with Crippen molar-refractivity contribution in [2.75, 3.05) is 32.7 Å². The molecule has 0 aliphatic carbocycles. The maximum Gasteiger partial charge on any atom is 0.309 e. The summed E-state index contributed by atoms with van der Waals surface area (Å²) in [5.41, 5.74) is 0. The van der Waals surface area contributed by atoms with Crippen LogP contribution in [0.5, 0.6) is 0 Å². The molecule has 27 heavy (non-hydrogen) atoms. The van der Waals surface area contributed by atoms with Gasteiger partial charge in [-0.15, -0.1) is 0 Å². The van der Waals surface area contributed by atoms with Crippen LogP contribution >= 0.6 is 0 Å². The summed E-state index contributed by atoms with van der Waals surface area (Å²) in [6, 6.07) is 0. The lowest BCUT2D eigenvalue weighted by Crippen LogP contribution is -2.43. The molecule has 1 unspecified atom stereocenters. The lowest BCUT2D eigenvalue weighted by Gasteiger charge is -2.34. The van der Waals surface area contributed by atoms with Crippen molar-refractivity contribution in [3.8, 4) is 0 Å². The SMILES string of the molecule is CCN1CCCC(OC(=O)C2CCN(S(=O)(=O)c3cn(C)c(C)n3)CC2)C1. The highest BCUT2D eigenvalue weighted by molar-refractivity contribution is 7.89. The zero-order valence-electron chi connectivity index (χ0n) is 16.4. The minimum Gasteiger partial charge on any atom is -0.461 e. The van der Waals surface area contributed by atoms with E-state index in [1.54, 1.807) is 18.5 Å². The molecule has 0 spiro atoms. The van der Waals surface area contributed by atoms with E-state index >= 15 is 0 Å². The molecule has 2 saturated heterocycles. The number of aromatic nitrogens is 2. The van der Waals surface area contributed by atoms with Crippen LogP contribution in [0.1, 0.15) is 38.4 Å². The molecule has 152 valence electrons. The quantitative estimate of drug-likeness (QED) is 0.692. The van der Waals surface area contributed by atoms with Crippen LogP contribution in [0.4, 0.5) is 0 Å². The molecule has 0 saturated carbocycles. The summed E-state index contributed by atoms with van der Waals surface area (Å²) in [7, 11) is -1.84. The number of sulfonamides is 1. The Morgan fingerprint density at radius 3 is 2.56 bits per heavy atom. The number of likely N-dealkylation sites (tertiary alicyclic amines) is 1. The second-order valence-electron chi connectivity index (χ2n) is 7.51. The Kier molecular flexibility index (Phi) is 6.22. The molecule has 2 fully saturated rings. The number of piperidine rings is 2. The van der Waals surface area contributed by atoms with E-state index in [-0.39, 0.29) is 23.0 Å². The number of carbonyl (C=O) groups is 1. The topological polar surface area (TPSA) is 84.7 Å². The molecule has 2 aliphatic heterocycles. The van der Waals surface area contributed by atoms with Crippen molar-refractivity contribution in [2.45, 2.75) is 50.7 Å². The summed E-state index contributed by atoms with van der Waals surface area (Å²) >= 11 is 0. The Labute approximate surface area is 161 Å². The van der Waals surface area contributed by atoms with Crippen molar-refractivity contribution < 1.29 is 17.9 Å². The summed E-state index contributed by atoms with van der Waals surface area (Å²) in [5.74, 6) is 0.253. The number of nitrogens with zero attached hydrogens (tertiary/aromatic N) is 4. The largest absolute Gasteiger partial charge is 0.461 e. The van der Waals surface area contributed by atoms with E-state index in [0.717, 1.165) is 32.5 Å². The Morgan fingerprint density at radius 2 is 1.96 bits per heavy atom.